The summed E-state index contributed by atoms with van der Waals surface area (Å²) in [6.07, 6.45) is 2.59. The minimum absolute atomic E-state index is 0.0990. The molecule has 0 spiro atoms. The zero-order chi connectivity index (χ0) is 17.4. The van der Waals surface area contributed by atoms with Crippen LogP contribution in [-0.4, -0.2) is 45.0 Å². The van der Waals surface area contributed by atoms with E-state index in [1.54, 1.807) is 0 Å². The fraction of sp³-hybridized carbons (Fsp3) is 0.500. The SMILES string of the molecule is CCn1c(CNC(=O)N[C@H]2CC(=O)N(C3CC3)C2)nc2ccccc21. The number of para-hydroxylation sites is 2. The molecule has 2 aliphatic rings. The van der Waals surface area contributed by atoms with Crippen molar-refractivity contribution in [3.8, 4) is 0 Å². The van der Waals surface area contributed by atoms with Gasteiger partial charge in [0.15, 0.2) is 0 Å². The molecule has 2 heterocycles. The molecule has 1 saturated carbocycles. The Kier molecular flexibility index (Phi) is 4.07. The van der Waals surface area contributed by atoms with Crippen LogP contribution in [0.3, 0.4) is 0 Å². The maximum atomic E-state index is 12.2. The molecule has 25 heavy (non-hydrogen) atoms. The second kappa shape index (κ2) is 6.38. The number of urea groups is 1. The normalized spacial score (nSPS) is 20.3. The molecular weight excluding hydrogens is 318 g/mol. The molecule has 1 aliphatic carbocycles. The third-order valence-electron chi connectivity index (χ3n) is 4.94. The second-order valence-corrected chi connectivity index (χ2v) is 6.77. The number of benzene rings is 1. The van der Waals surface area contributed by atoms with Gasteiger partial charge in [0.1, 0.15) is 5.82 Å². The van der Waals surface area contributed by atoms with Gasteiger partial charge in [0, 0.05) is 25.6 Å². The molecule has 2 fully saturated rings. The highest BCUT2D eigenvalue weighted by Crippen LogP contribution is 2.30. The molecule has 4 rings (SSSR count). The summed E-state index contributed by atoms with van der Waals surface area (Å²) in [5.41, 5.74) is 2.01. The number of nitrogens with one attached hydrogen (secondary N) is 2. The van der Waals surface area contributed by atoms with Gasteiger partial charge in [-0.05, 0) is 31.9 Å². The van der Waals surface area contributed by atoms with E-state index in [0.717, 1.165) is 36.2 Å². The van der Waals surface area contributed by atoms with E-state index >= 15 is 0 Å². The summed E-state index contributed by atoms with van der Waals surface area (Å²) in [6.45, 7) is 3.85. The van der Waals surface area contributed by atoms with Gasteiger partial charge in [-0.3, -0.25) is 4.79 Å². The van der Waals surface area contributed by atoms with Crippen molar-refractivity contribution >= 4 is 23.0 Å². The Hall–Kier alpha value is -2.57. The van der Waals surface area contributed by atoms with Gasteiger partial charge in [0.25, 0.3) is 0 Å². The Morgan fingerprint density at radius 1 is 1.32 bits per heavy atom. The minimum Gasteiger partial charge on any atom is -0.338 e. The van der Waals surface area contributed by atoms with Crippen LogP contribution in [0.5, 0.6) is 0 Å². The van der Waals surface area contributed by atoms with Crippen LogP contribution in [0.15, 0.2) is 24.3 Å². The zero-order valence-corrected chi connectivity index (χ0v) is 14.4. The summed E-state index contributed by atoms with van der Waals surface area (Å²) in [5.74, 6) is 0.988. The molecule has 1 saturated heterocycles. The van der Waals surface area contributed by atoms with Crippen molar-refractivity contribution in [1.82, 2.24) is 25.1 Å². The predicted molar refractivity (Wildman–Crippen MR) is 93.9 cm³/mol. The van der Waals surface area contributed by atoms with E-state index in [0.29, 0.717) is 25.6 Å². The van der Waals surface area contributed by atoms with E-state index < -0.39 is 0 Å². The van der Waals surface area contributed by atoms with Gasteiger partial charge in [-0.2, -0.15) is 0 Å². The molecule has 3 amide bonds. The smallest absolute Gasteiger partial charge is 0.315 e. The summed E-state index contributed by atoms with van der Waals surface area (Å²) in [4.78, 5) is 30.7. The second-order valence-electron chi connectivity index (χ2n) is 6.77. The summed E-state index contributed by atoms with van der Waals surface area (Å²) in [7, 11) is 0. The van der Waals surface area contributed by atoms with E-state index in [1.165, 1.54) is 0 Å². The van der Waals surface area contributed by atoms with E-state index in [4.69, 9.17) is 0 Å². The highest BCUT2D eigenvalue weighted by molar-refractivity contribution is 5.82. The third-order valence-corrected chi connectivity index (χ3v) is 4.94. The first-order valence-electron chi connectivity index (χ1n) is 8.93. The number of nitrogens with zero attached hydrogens (tertiary/aromatic N) is 3. The molecule has 1 atom stereocenters. The van der Waals surface area contributed by atoms with Gasteiger partial charge in [-0.25, -0.2) is 9.78 Å². The first kappa shape index (κ1) is 15.9. The van der Waals surface area contributed by atoms with Crippen molar-refractivity contribution in [3.63, 3.8) is 0 Å². The molecule has 132 valence electrons. The lowest BCUT2D eigenvalue weighted by Gasteiger charge is -2.16. The Morgan fingerprint density at radius 2 is 2.12 bits per heavy atom. The average Bonchev–Trinajstić information content (AvgIpc) is 3.29. The van der Waals surface area contributed by atoms with Crippen LogP contribution >= 0.6 is 0 Å². The van der Waals surface area contributed by atoms with Crippen molar-refractivity contribution in [1.29, 1.82) is 0 Å². The standard InChI is InChI=1S/C18H23N5O2/c1-2-22-15-6-4-3-5-14(15)21-16(22)10-19-18(25)20-12-9-17(24)23(11-12)13-7-8-13/h3-6,12-13H,2,7-11H2,1H3,(H2,19,20,25)/t12-/m0/s1. The van der Waals surface area contributed by atoms with Crippen LogP contribution in [0.1, 0.15) is 32.0 Å². The maximum absolute atomic E-state index is 12.2. The molecule has 1 aromatic heterocycles. The molecule has 1 aliphatic heterocycles. The van der Waals surface area contributed by atoms with Crippen LogP contribution in [0, 0.1) is 0 Å². The summed E-state index contributed by atoms with van der Waals surface area (Å²) in [5, 5.41) is 5.79. The van der Waals surface area contributed by atoms with Crippen molar-refractivity contribution < 1.29 is 9.59 Å². The number of imidazole rings is 1. The number of aromatic nitrogens is 2. The highest BCUT2D eigenvalue weighted by Gasteiger charge is 2.39. The third kappa shape index (κ3) is 3.18. The number of rotatable bonds is 5. The van der Waals surface area contributed by atoms with Crippen LogP contribution < -0.4 is 10.6 Å². The number of hydrogen-bond donors (Lipinski definition) is 2. The molecule has 0 unspecified atom stereocenters. The van der Waals surface area contributed by atoms with E-state index in [-0.39, 0.29) is 18.0 Å². The lowest BCUT2D eigenvalue weighted by molar-refractivity contribution is -0.128. The molecule has 2 aromatic rings. The van der Waals surface area contributed by atoms with Gasteiger partial charge in [0.2, 0.25) is 5.91 Å². The number of amides is 3. The molecule has 7 heteroatoms. The van der Waals surface area contributed by atoms with Gasteiger partial charge < -0.3 is 20.1 Å². The summed E-state index contributed by atoms with van der Waals surface area (Å²) < 4.78 is 2.10. The summed E-state index contributed by atoms with van der Waals surface area (Å²) in [6, 6.07) is 8.02. The van der Waals surface area contributed by atoms with E-state index in [1.807, 2.05) is 29.2 Å². The topological polar surface area (TPSA) is 79.3 Å². The number of likely N-dealkylation sites (tertiary alicyclic amines) is 1. The number of carbonyl (C=O) groups excluding carboxylic acids is 2. The van der Waals surface area contributed by atoms with Gasteiger partial charge in [0.05, 0.1) is 23.6 Å². The Balaban J connectivity index is 1.35. The number of aryl methyl sites for hydroxylation is 1. The fourth-order valence-electron chi connectivity index (χ4n) is 3.58. The Morgan fingerprint density at radius 3 is 2.88 bits per heavy atom. The highest BCUT2D eigenvalue weighted by atomic mass is 16.2. The molecule has 0 radical (unpaired) electrons. The first-order valence-corrected chi connectivity index (χ1v) is 8.93. The van der Waals surface area contributed by atoms with Gasteiger partial charge in [-0.15, -0.1) is 0 Å². The summed E-state index contributed by atoms with van der Waals surface area (Å²) >= 11 is 0. The van der Waals surface area contributed by atoms with Crippen molar-refractivity contribution in [2.45, 2.75) is 51.4 Å². The Bertz CT molecular complexity index is 811. The Labute approximate surface area is 146 Å². The van der Waals surface area contributed by atoms with Crippen molar-refractivity contribution in [2.24, 2.45) is 0 Å². The fourth-order valence-corrected chi connectivity index (χ4v) is 3.58. The molecule has 2 N–H and O–H groups in total. The van der Waals surface area contributed by atoms with Crippen LogP contribution in [0.4, 0.5) is 4.79 Å². The van der Waals surface area contributed by atoms with Crippen molar-refractivity contribution in [2.75, 3.05) is 6.54 Å². The lowest BCUT2D eigenvalue weighted by atomic mass is 10.2. The van der Waals surface area contributed by atoms with Crippen molar-refractivity contribution in [3.05, 3.63) is 30.1 Å². The minimum atomic E-state index is -0.245. The van der Waals surface area contributed by atoms with Gasteiger partial charge in [-0.1, -0.05) is 12.1 Å². The average molecular weight is 341 g/mol. The first-order chi connectivity index (χ1) is 12.2. The van der Waals surface area contributed by atoms with E-state index in [2.05, 4.69) is 27.1 Å². The van der Waals surface area contributed by atoms with E-state index in [9.17, 15) is 9.59 Å². The molecule has 1 aromatic carbocycles. The molecule has 0 bridgehead atoms. The lowest BCUT2D eigenvalue weighted by Crippen LogP contribution is -2.43. The molecular formula is C18H23N5O2. The zero-order valence-electron chi connectivity index (χ0n) is 14.4. The largest absolute Gasteiger partial charge is 0.338 e. The van der Waals surface area contributed by atoms with Crippen LogP contribution in [-0.2, 0) is 17.9 Å². The maximum Gasteiger partial charge on any atom is 0.315 e. The number of fused-ring (bicyclic) bond motifs is 1. The predicted octanol–water partition coefficient (Wildman–Crippen LogP) is 1.62. The number of carbonyl (C=O) groups is 2. The monoisotopic (exact) mass is 341 g/mol. The van der Waals surface area contributed by atoms with Crippen LogP contribution in [0.2, 0.25) is 0 Å². The quantitative estimate of drug-likeness (QED) is 0.867. The van der Waals surface area contributed by atoms with Gasteiger partial charge >= 0.3 is 6.03 Å². The molecule has 7 nitrogen and oxygen atoms in total. The number of hydrogen-bond acceptors (Lipinski definition) is 3. The van der Waals surface area contributed by atoms with Crippen LogP contribution in [0.25, 0.3) is 11.0 Å².